The van der Waals surface area contributed by atoms with Crippen LogP contribution in [0.5, 0.6) is 5.75 Å². The van der Waals surface area contributed by atoms with E-state index in [0.717, 1.165) is 0 Å². The van der Waals surface area contributed by atoms with Crippen molar-refractivity contribution in [3.63, 3.8) is 0 Å². The first kappa shape index (κ1) is 24.2. The quantitative estimate of drug-likeness (QED) is 0.592. The van der Waals surface area contributed by atoms with Crippen LogP contribution >= 0.6 is 23.2 Å². The molecule has 1 aliphatic heterocycles. The van der Waals surface area contributed by atoms with Crippen molar-refractivity contribution in [2.75, 3.05) is 13.7 Å². The van der Waals surface area contributed by atoms with Crippen LogP contribution in [-0.2, 0) is 34.1 Å². The zero-order valence-corrected chi connectivity index (χ0v) is 19.7. The first-order valence-corrected chi connectivity index (χ1v) is 12.3. The number of likely N-dealkylation sites (tertiary alicyclic amines) is 1. The van der Waals surface area contributed by atoms with Gasteiger partial charge in [0.05, 0.1) is 18.5 Å². The number of fused-ring (bicyclic) bond motifs is 1. The van der Waals surface area contributed by atoms with E-state index in [1.807, 2.05) is 0 Å². The van der Waals surface area contributed by atoms with Gasteiger partial charge in [-0.2, -0.15) is 21.6 Å². The Kier molecular flexibility index (Phi) is 6.34. The van der Waals surface area contributed by atoms with Crippen molar-refractivity contribution in [1.82, 2.24) is 13.9 Å². The second-order valence-electron chi connectivity index (χ2n) is 8.07. The van der Waals surface area contributed by atoms with Crippen molar-refractivity contribution in [1.29, 1.82) is 0 Å². The minimum atomic E-state index is -5.54. The van der Waals surface area contributed by atoms with E-state index in [4.69, 9.17) is 27.9 Å². The summed E-state index contributed by atoms with van der Waals surface area (Å²) in [6, 6.07) is 3.00. The van der Waals surface area contributed by atoms with Gasteiger partial charge in [-0.05, 0) is 43.4 Å². The summed E-state index contributed by atoms with van der Waals surface area (Å²) in [5, 5.41) is 0.814. The number of halogens is 5. The molecule has 4 rings (SSSR count). The van der Waals surface area contributed by atoms with Crippen LogP contribution in [0.1, 0.15) is 29.8 Å². The van der Waals surface area contributed by atoms with Crippen LogP contribution in [0.15, 0.2) is 18.5 Å². The van der Waals surface area contributed by atoms with E-state index >= 15 is 0 Å². The van der Waals surface area contributed by atoms with Gasteiger partial charge in [0, 0.05) is 35.0 Å². The Morgan fingerprint density at radius 3 is 2.48 bits per heavy atom. The minimum Gasteiger partial charge on any atom is -0.497 e. The number of hydrogen-bond acceptors (Lipinski definition) is 5. The molecule has 1 aromatic heterocycles. The van der Waals surface area contributed by atoms with Crippen molar-refractivity contribution in [3.05, 3.63) is 45.5 Å². The highest BCUT2D eigenvalue weighted by molar-refractivity contribution is 7.90. The normalized spacial score (nSPS) is 21.4. The lowest BCUT2D eigenvalue weighted by Gasteiger charge is -2.31. The number of carbonyl (C=O) groups excluding carboxylic acids is 1. The van der Waals surface area contributed by atoms with Gasteiger partial charge >= 0.3 is 15.5 Å². The third-order valence-corrected chi connectivity index (χ3v) is 8.30. The van der Waals surface area contributed by atoms with E-state index in [-0.39, 0.29) is 46.1 Å². The van der Waals surface area contributed by atoms with Crippen molar-refractivity contribution in [2.45, 2.75) is 43.7 Å². The fourth-order valence-electron chi connectivity index (χ4n) is 4.49. The summed E-state index contributed by atoms with van der Waals surface area (Å²) >= 11 is 12.6. The van der Waals surface area contributed by atoms with E-state index in [2.05, 4.69) is 4.98 Å². The third kappa shape index (κ3) is 4.30. The minimum absolute atomic E-state index is 0.0172. The second kappa shape index (κ2) is 8.66. The van der Waals surface area contributed by atoms with Crippen molar-refractivity contribution in [2.24, 2.45) is 5.92 Å². The molecule has 0 spiro atoms. The van der Waals surface area contributed by atoms with Gasteiger partial charge in [-0.1, -0.05) is 23.2 Å². The van der Waals surface area contributed by atoms with Gasteiger partial charge < -0.3 is 9.64 Å². The average Bonchev–Trinajstić information content (AvgIpc) is 3.33. The number of rotatable bonds is 5. The first-order valence-electron chi connectivity index (χ1n) is 10.1. The molecular weight excluding hydrogens is 506 g/mol. The topological polar surface area (TPSA) is 81.5 Å². The molecule has 1 fully saturated rings. The third-order valence-electron chi connectivity index (χ3n) is 6.20. The average molecular weight is 526 g/mol. The zero-order valence-electron chi connectivity index (χ0n) is 17.4. The Morgan fingerprint density at radius 1 is 1.21 bits per heavy atom. The maximum Gasteiger partial charge on any atom is 0.517 e. The van der Waals surface area contributed by atoms with Crippen LogP contribution in [0.4, 0.5) is 13.2 Å². The highest BCUT2D eigenvalue weighted by atomic mass is 35.5. The van der Waals surface area contributed by atoms with Crippen molar-refractivity contribution in [3.8, 4) is 5.75 Å². The molecule has 0 N–H and O–H groups in total. The number of amides is 1. The smallest absolute Gasteiger partial charge is 0.497 e. The fourth-order valence-corrected chi connectivity index (χ4v) is 5.99. The number of carbonyl (C=O) groups is 1. The van der Waals surface area contributed by atoms with Gasteiger partial charge in [-0.15, -0.1) is 0 Å². The number of hydrogen-bond donors (Lipinski definition) is 0. The number of imidazole rings is 1. The molecule has 13 heteroatoms. The van der Waals surface area contributed by atoms with Gasteiger partial charge in [0.25, 0.3) is 0 Å². The standard InChI is InChI=1S/C20H20Cl2F3N3O4S/c1-32-13-8-15(21)14(16(22)9-13)6-11-4-5-27(19(11)29)12-2-3-18-17(7-12)26-10-28(18)33(30,31)20(23,24)25/h8-12H,2-7H2,1H3/t11-,12?/m0/s1. The Morgan fingerprint density at radius 2 is 1.88 bits per heavy atom. The summed E-state index contributed by atoms with van der Waals surface area (Å²) in [4.78, 5) is 18.7. The summed E-state index contributed by atoms with van der Waals surface area (Å²) < 4.78 is 67.8. The molecule has 1 aromatic carbocycles. The lowest BCUT2D eigenvalue weighted by atomic mass is 9.94. The van der Waals surface area contributed by atoms with Gasteiger partial charge in [0.15, 0.2) is 0 Å². The highest BCUT2D eigenvalue weighted by Gasteiger charge is 2.49. The maximum absolute atomic E-state index is 13.1. The molecule has 2 aliphatic rings. The van der Waals surface area contributed by atoms with E-state index in [9.17, 15) is 26.4 Å². The molecule has 1 saturated heterocycles. The molecule has 2 atom stereocenters. The van der Waals surface area contributed by atoms with Crippen molar-refractivity contribution >= 4 is 39.1 Å². The summed E-state index contributed by atoms with van der Waals surface area (Å²) in [7, 11) is -4.04. The number of methoxy groups -OCH3 is 1. The number of alkyl halides is 3. The molecule has 1 amide bonds. The molecule has 0 bridgehead atoms. The van der Waals surface area contributed by atoms with Crippen LogP contribution in [0.2, 0.25) is 10.0 Å². The van der Waals surface area contributed by atoms with Crippen LogP contribution in [0.25, 0.3) is 0 Å². The molecule has 1 unspecified atom stereocenters. The van der Waals surface area contributed by atoms with Gasteiger partial charge in [0.1, 0.15) is 12.1 Å². The largest absolute Gasteiger partial charge is 0.517 e. The zero-order chi connectivity index (χ0) is 24.1. The SMILES string of the molecule is COc1cc(Cl)c(C[C@@H]2CCN(C3CCc4c(ncn4S(=O)(=O)C(F)(F)F)C3)C2=O)c(Cl)c1. The maximum atomic E-state index is 13.1. The summed E-state index contributed by atoms with van der Waals surface area (Å²) in [6.07, 6.45) is 2.23. The predicted octanol–water partition coefficient (Wildman–Crippen LogP) is 3.84. The van der Waals surface area contributed by atoms with Gasteiger partial charge in [-0.3, -0.25) is 4.79 Å². The van der Waals surface area contributed by atoms with Crippen LogP contribution < -0.4 is 4.74 Å². The van der Waals surface area contributed by atoms with Crippen LogP contribution in [0.3, 0.4) is 0 Å². The predicted molar refractivity (Wildman–Crippen MR) is 115 cm³/mol. The number of ether oxygens (including phenoxy) is 1. The lowest BCUT2D eigenvalue weighted by molar-refractivity contribution is -0.133. The number of aromatic nitrogens is 2. The molecule has 2 heterocycles. The fraction of sp³-hybridized carbons (Fsp3) is 0.500. The Hall–Kier alpha value is -1.98. The van der Waals surface area contributed by atoms with Gasteiger partial charge in [0.2, 0.25) is 5.91 Å². The molecule has 0 radical (unpaired) electrons. The summed E-state index contributed by atoms with van der Waals surface area (Å²) in [6.45, 7) is 0.483. The summed E-state index contributed by atoms with van der Waals surface area (Å²) in [5.41, 5.74) is -4.48. The Labute approximate surface area is 198 Å². The monoisotopic (exact) mass is 525 g/mol. The highest BCUT2D eigenvalue weighted by Crippen LogP contribution is 2.36. The number of benzene rings is 1. The molecule has 0 saturated carbocycles. The van der Waals surface area contributed by atoms with Crippen molar-refractivity contribution < 1.29 is 31.1 Å². The van der Waals surface area contributed by atoms with E-state index in [1.165, 1.54) is 7.11 Å². The van der Waals surface area contributed by atoms with E-state index in [0.29, 0.717) is 53.5 Å². The molecule has 180 valence electrons. The van der Waals surface area contributed by atoms with Crippen LogP contribution in [-0.4, -0.2) is 53.4 Å². The number of nitrogens with zero attached hydrogens (tertiary/aromatic N) is 3. The first-order chi connectivity index (χ1) is 15.4. The summed E-state index contributed by atoms with van der Waals surface area (Å²) in [5.74, 6) is 0.0878. The van der Waals surface area contributed by atoms with Crippen LogP contribution in [0, 0.1) is 5.92 Å². The molecule has 33 heavy (non-hydrogen) atoms. The molecular formula is C20H20Cl2F3N3O4S. The Bertz CT molecular complexity index is 1180. The molecule has 1 aliphatic carbocycles. The lowest BCUT2D eigenvalue weighted by Crippen LogP contribution is -2.42. The second-order valence-corrected chi connectivity index (χ2v) is 10.7. The van der Waals surface area contributed by atoms with Gasteiger partial charge in [-0.25, -0.2) is 8.96 Å². The molecule has 7 nitrogen and oxygen atoms in total. The van der Waals surface area contributed by atoms with E-state index < -0.39 is 15.5 Å². The van der Waals surface area contributed by atoms with E-state index in [1.54, 1.807) is 17.0 Å². The Balaban J connectivity index is 1.48. The molecule has 2 aromatic rings.